The van der Waals surface area contributed by atoms with E-state index in [1.165, 1.54) is 14.0 Å². The van der Waals surface area contributed by atoms with Crippen molar-refractivity contribution in [2.75, 3.05) is 7.11 Å². The van der Waals surface area contributed by atoms with E-state index < -0.39 is 5.97 Å². The van der Waals surface area contributed by atoms with Crippen LogP contribution in [0.15, 0.2) is 72.8 Å². The number of esters is 1. The first-order valence-corrected chi connectivity index (χ1v) is 8.75. The quantitative estimate of drug-likeness (QED) is 0.427. The lowest BCUT2D eigenvalue weighted by molar-refractivity contribution is 0.0470. The summed E-state index contributed by atoms with van der Waals surface area (Å²) >= 11 is 0. The maximum Gasteiger partial charge on any atom is 0.338 e. The van der Waals surface area contributed by atoms with Gasteiger partial charge in [-0.25, -0.2) is 4.79 Å². The van der Waals surface area contributed by atoms with Gasteiger partial charge in [0.25, 0.3) is 0 Å². The number of rotatable bonds is 7. The molecule has 0 saturated heterocycles. The molecule has 5 heteroatoms. The summed E-state index contributed by atoms with van der Waals surface area (Å²) < 4.78 is 16.4. The van der Waals surface area contributed by atoms with Crippen LogP contribution in [0, 0.1) is 0 Å². The van der Waals surface area contributed by atoms with Gasteiger partial charge in [0, 0.05) is 11.1 Å². The second-order valence-corrected chi connectivity index (χ2v) is 6.10. The van der Waals surface area contributed by atoms with Gasteiger partial charge < -0.3 is 14.2 Å². The summed E-state index contributed by atoms with van der Waals surface area (Å²) in [6.45, 7) is 1.47. The van der Waals surface area contributed by atoms with Crippen molar-refractivity contribution in [2.24, 2.45) is 0 Å². The maximum absolute atomic E-state index is 12.5. The van der Waals surface area contributed by atoms with E-state index in [0.717, 1.165) is 0 Å². The molecule has 0 aliphatic rings. The molecule has 0 bridgehead atoms. The van der Waals surface area contributed by atoms with Crippen LogP contribution in [0.5, 0.6) is 17.2 Å². The molecule has 3 rings (SSSR count). The Morgan fingerprint density at radius 3 is 2.29 bits per heavy atom. The summed E-state index contributed by atoms with van der Waals surface area (Å²) in [6, 6.07) is 21.1. The fourth-order valence-electron chi connectivity index (χ4n) is 2.65. The third-order valence-electron chi connectivity index (χ3n) is 4.09. The van der Waals surface area contributed by atoms with Crippen LogP contribution in [0.25, 0.3) is 0 Å². The molecule has 0 unspecified atom stereocenters. The van der Waals surface area contributed by atoms with E-state index in [-0.39, 0.29) is 12.4 Å². The zero-order valence-electron chi connectivity index (χ0n) is 15.7. The highest BCUT2D eigenvalue weighted by Crippen LogP contribution is 2.24. The van der Waals surface area contributed by atoms with Crippen LogP contribution in [0.1, 0.15) is 33.2 Å². The molecule has 0 radical (unpaired) electrons. The predicted molar refractivity (Wildman–Crippen MR) is 105 cm³/mol. The Labute approximate surface area is 163 Å². The fraction of sp³-hybridized carbons (Fsp3) is 0.130. The van der Waals surface area contributed by atoms with Crippen LogP contribution in [0.4, 0.5) is 0 Å². The average molecular weight is 376 g/mol. The molecule has 3 aromatic rings. The maximum atomic E-state index is 12.5. The lowest BCUT2D eigenvalue weighted by atomic mass is 10.1. The highest BCUT2D eigenvalue weighted by Gasteiger charge is 2.13. The van der Waals surface area contributed by atoms with E-state index in [9.17, 15) is 9.59 Å². The molecule has 0 atom stereocenters. The van der Waals surface area contributed by atoms with Gasteiger partial charge in [-0.1, -0.05) is 24.3 Å². The molecule has 142 valence electrons. The Morgan fingerprint density at radius 1 is 0.821 bits per heavy atom. The number of benzene rings is 3. The molecule has 0 heterocycles. The summed E-state index contributed by atoms with van der Waals surface area (Å²) in [7, 11) is 1.53. The van der Waals surface area contributed by atoms with Crippen molar-refractivity contribution in [3.8, 4) is 17.2 Å². The van der Waals surface area contributed by atoms with Crippen molar-refractivity contribution in [3.63, 3.8) is 0 Å². The van der Waals surface area contributed by atoms with Crippen LogP contribution >= 0.6 is 0 Å². The van der Waals surface area contributed by atoms with Gasteiger partial charge in [0.05, 0.1) is 12.7 Å². The molecule has 0 aliphatic heterocycles. The third kappa shape index (κ3) is 4.76. The Morgan fingerprint density at radius 2 is 1.57 bits per heavy atom. The number of carbonyl (C=O) groups is 2. The number of hydrogen-bond donors (Lipinski definition) is 0. The normalized spacial score (nSPS) is 10.2. The minimum Gasteiger partial charge on any atom is -0.496 e. The van der Waals surface area contributed by atoms with Crippen molar-refractivity contribution in [1.29, 1.82) is 0 Å². The molecule has 0 saturated carbocycles. The monoisotopic (exact) mass is 376 g/mol. The number of hydrogen-bond acceptors (Lipinski definition) is 5. The molecular weight excluding hydrogens is 356 g/mol. The van der Waals surface area contributed by atoms with E-state index in [1.54, 1.807) is 42.5 Å². The van der Waals surface area contributed by atoms with Gasteiger partial charge in [-0.3, -0.25) is 4.79 Å². The molecule has 3 aromatic carbocycles. The average Bonchev–Trinajstić information content (AvgIpc) is 2.72. The minimum absolute atomic E-state index is 0.00705. The Bertz CT molecular complexity index is 979. The summed E-state index contributed by atoms with van der Waals surface area (Å²) in [5.74, 6) is 1.21. The van der Waals surface area contributed by atoms with Crippen molar-refractivity contribution >= 4 is 11.8 Å². The molecule has 0 amide bonds. The van der Waals surface area contributed by atoms with Gasteiger partial charge in [-0.2, -0.15) is 0 Å². The van der Waals surface area contributed by atoms with Crippen molar-refractivity contribution in [2.45, 2.75) is 13.5 Å². The minimum atomic E-state index is -0.492. The van der Waals surface area contributed by atoms with Gasteiger partial charge in [0.15, 0.2) is 5.78 Å². The van der Waals surface area contributed by atoms with Crippen LogP contribution in [-0.4, -0.2) is 18.9 Å². The number of ether oxygens (including phenoxy) is 3. The van der Waals surface area contributed by atoms with Crippen LogP contribution in [0.3, 0.4) is 0 Å². The summed E-state index contributed by atoms with van der Waals surface area (Å²) in [6.07, 6.45) is 0. The highest BCUT2D eigenvalue weighted by molar-refractivity contribution is 5.94. The number of Topliss-reactive ketones (excluding diaryl/α,β-unsaturated/α-hetero) is 1. The predicted octanol–water partition coefficient (Wildman–Crippen LogP) is 5.05. The number of carbonyl (C=O) groups excluding carboxylic acids is 2. The fourth-order valence-corrected chi connectivity index (χ4v) is 2.65. The zero-order valence-corrected chi connectivity index (χ0v) is 15.7. The van der Waals surface area contributed by atoms with Gasteiger partial charge >= 0.3 is 5.97 Å². The first-order chi connectivity index (χ1) is 13.6. The number of para-hydroxylation sites is 1. The summed E-state index contributed by atoms with van der Waals surface area (Å²) in [5, 5.41) is 0. The summed E-state index contributed by atoms with van der Waals surface area (Å²) in [5.41, 5.74) is 1.53. The number of ketones is 1. The molecule has 0 spiro atoms. The van der Waals surface area contributed by atoms with Crippen molar-refractivity contribution < 1.29 is 23.8 Å². The van der Waals surface area contributed by atoms with Crippen molar-refractivity contribution in [1.82, 2.24) is 0 Å². The molecule has 0 N–H and O–H groups in total. The van der Waals surface area contributed by atoms with Gasteiger partial charge in [-0.05, 0) is 55.5 Å². The van der Waals surface area contributed by atoms with E-state index in [0.29, 0.717) is 33.9 Å². The van der Waals surface area contributed by atoms with Crippen LogP contribution in [-0.2, 0) is 11.3 Å². The SMILES string of the molecule is COc1ccc(C(C)=O)cc1COC(=O)c1cccc(Oc2ccccc2)c1. The van der Waals surface area contributed by atoms with Crippen molar-refractivity contribution in [3.05, 3.63) is 89.5 Å². The Hall–Kier alpha value is -3.60. The van der Waals surface area contributed by atoms with Crippen LogP contribution < -0.4 is 9.47 Å². The first kappa shape index (κ1) is 19.2. The topological polar surface area (TPSA) is 61.8 Å². The zero-order chi connectivity index (χ0) is 19.9. The molecule has 0 aliphatic carbocycles. The van der Waals surface area contributed by atoms with Gasteiger partial charge in [0.1, 0.15) is 23.9 Å². The van der Waals surface area contributed by atoms with E-state index in [4.69, 9.17) is 14.2 Å². The molecule has 0 aromatic heterocycles. The first-order valence-electron chi connectivity index (χ1n) is 8.75. The van der Waals surface area contributed by atoms with E-state index >= 15 is 0 Å². The van der Waals surface area contributed by atoms with E-state index in [2.05, 4.69) is 0 Å². The van der Waals surface area contributed by atoms with E-state index in [1.807, 2.05) is 30.3 Å². The van der Waals surface area contributed by atoms with Gasteiger partial charge in [0.2, 0.25) is 0 Å². The largest absolute Gasteiger partial charge is 0.496 e. The standard InChI is InChI=1S/C23H20O5/c1-16(24)17-11-12-22(26-2)19(13-17)15-27-23(25)18-7-6-10-21(14-18)28-20-8-4-3-5-9-20/h3-14H,15H2,1-2H3. The smallest absolute Gasteiger partial charge is 0.338 e. The van der Waals surface area contributed by atoms with Gasteiger partial charge in [-0.15, -0.1) is 0 Å². The molecular formula is C23H20O5. The lowest BCUT2D eigenvalue weighted by Crippen LogP contribution is -2.07. The molecule has 5 nitrogen and oxygen atoms in total. The van der Waals surface area contributed by atoms with Crippen LogP contribution in [0.2, 0.25) is 0 Å². The number of methoxy groups -OCH3 is 1. The second kappa shape index (κ2) is 8.86. The highest BCUT2D eigenvalue weighted by atomic mass is 16.5. The second-order valence-electron chi connectivity index (χ2n) is 6.10. The third-order valence-corrected chi connectivity index (χ3v) is 4.09. The molecule has 0 fully saturated rings. The summed E-state index contributed by atoms with van der Waals surface area (Å²) in [4.78, 5) is 24.0. The molecule has 28 heavy (non-hydrogen) atoms. The Kier molecular flexibility index (Phi) is 6.07. The lowest BCUT2D eigenvalue weighted by Gasteiger charge is -2.11. The Balaban J connectivity index is 1.71.